The first-order chi connectivity index (χ1) is 18.2. The van der Waals surface area contributed by atoms with Crippen LogP contribution in [0.25, 0.3) is 6.08 Å². The van der Waals surface area contributed by atoms with Crippen molar-refractivity contribution >= 4 is 63.8 Å². The van der Waals surface area contributed by atoms with Crippen molar-refractivity contribution in [1.82, 2.24) is 4.90 Å². The Morgan fingerprint density at radius 3 is 2.58 bits per heavy atom. The molecule has 0 saturated carbocycles. The second-order valence-corrected chi connectivity index (χ2v) is 10.2. The van der Waals surface area contributed by atoms with E-state index in [0.29, 0.717) is 44.3 Å². The van der Waals surface area contributed by atoms with E-state index in [2.05, 4.69) is 5.32 Å². The van der Waals surface area contributed by atoms with Crippen molar-refractivity contribution in [1.29, 1.82) is 0 Å². The number of thioether (sulfide) groups is 1. The van der Waals surface area contributed by atoms with E-state index < -0.39 is 0 Å². The minimum Gasteiger partial charge on any atom is -0.490 e. The normalized spacial score (nSPS) is 14.2. The first-order valence-electron chi connectivity index (χ1n) is 11.7. The maximum atomic E-state index is 12.9. The molecule has 1 aliphatic heterocycles. The number of hydrogen-bond donors (Lipinski definition) is 1. The number of aryl methyl sites for hydroxylation is 1. The zero-order valence-electron chi connectivity index (χ0n) is 20.6. The van der Waals surface area contributed by atoms with Gasteiger partial charge >= 0.3 is 0 Å². The quantitative estimate of drug-likeness (QED) is 0.280. The molecule has 3 amide bonds. The molecule has 3 aromatic rings. The molecule has 0 bridgehead atoms. The minimum absolute atomic E-state index is 0.135. The zero-order chi connectivity index (χ0) is 27.2. The van der Waals surface area contributed by atoms with Crippen LogP contribution in [0.5, 0.6) is 11.5 Å². The summed E-state index contributed by atoms with van der Waals surface area (Å²) in [7, 11) is 0. The van der Waals surface area contributed by atoms with Gasteiger partial charge in [0.05, 0.1) is 18.1 Å². The molecule has 7 nitrogen and oxygen atoms in total. The van der Waals surface area contributed by atoms with E-state index in [1.165, 1.54) is 4.90 Å². The lowest BCUT2D eigenvalue weighted by Gasteiger charge is -2.13. The van der Waals surface area contributed by atoms with Crippen LogP contribution in [-0.2, 0) is 16.1 Å². The standard InChI is InChI=1S/C28H24Cl2N2O5S/c1-3-36-24-12-18(8-10-23(24)37-16-26(33)31-21-9-7-17(2)22(30)14-21)13-25-27(34)32(28(35)38-25)15-19-5-4-6-20(29)11-19/h4-14H,3,15-16H2,1-2H3,(H,31,33)/b25-13-. The summed E-state index contributed by atoms with van der Waals surface area (Å²) in [6.07, 6.45) is 1.63. The van der Waals surface area contributed by atoms with Crippen LogP contribution in [-0.4, -0.2) is 35.2 Å². The monoisotopic (exact) mass is 570 g/mol. The summed E-state index contributed by atoms with van der Waals surface area (Å²) < 4.78 is 11.4. The molecule has 3 aromatic carbocycles. The van der Waals surface area contributed by atoms with Gasteiger partial charge in [-0.05, 0) is 84.8 Å². The largest absolute Gasteiger partial charge is 0.490 e. The lowest BCUT2D eigenvalue weighted by Crippen LogP contribution is -2.27. The van der Waals surface area contributed by atoms with Crippen molar-refractivity contribution in [2.24, 2.45) is 0 Å². The van der Waals surface area contributed by atoms with Gasteiger partial charge < -0.3 is 14.8 Å². The molecule has 1 fully saturated rings. The fourth-order valence-electron chi connectivity index (χ4n) is 3.62. The topological polar surface area (TPSA) is 84.9 Å². The van der Waals surface area contributed by atoms with Crippen LogP contribution in [0.4, 0.5) is 10.5 Å². The first-order valence-corrected chi connectivity index (χ1v) is 13.3. The summed E-state index contributed by atoms with van der Waals surface area (Å²) in [5.41, 5.74) is 2.88. The molecule has 1 aliphatic rings. The van der Waals surface area contributed by atoms with Gasteiger partial charge in [0.15, 0.2) is 18.1 Å². The molecule has 0 aliphatic carbocycles. The fourth-order valence-corrected chi connectivity index (χ4v) is 4.85. The molecule has 4 rings (SSSR count). The molecule has 1 N–H and O–H groups in total. The van der Waals surface area contributed by atoms with Crippen LogP contribution < -0.4 is 14.8 Å². The molecule has 10 heteroatoms. The van der Waals surface area contributed by atoms with Crippen molar-refractivity contribution in [3.8, 4) is 11.5 Å². The van der Waals surface area contributed by atoms with Gasteiger partial charge in [-0.2, -0.15) is 0 Å². The van der Waals surface area contributed by atoms with Crippen LogP contribution in [0.15, 0.2) is 65.6 Å². The Morgan fingerprint density at radius 2 is 1.84 bits per heavy atom. The summed E-state index contributed by atoms with van der Waals surface area (Å²) >= 11 is 13.0. The number of halogens is 2. The molecular weight excluding hydrogens is 547 g/mol. The summed E-state index contributed by atoms with van der Waals surface area (Å²) in [5, 5.41) is 3.48. The maximum Gasteiger partial charge on any atom is 0.293 e. The molecule has 0 spiro atoms. The van der Waals surface area contributed by atoms with Crippen LogP contribution in [0.3, 0.4) is 0 Å². The van der Waals surface area contributed by atoms with E-state index in [1.54, 1.807) is 54.6 Å². The third-order valence-electron chi connectivity index (χ3n) is 5.48. The van der Waals surface area contributed by atoms with E-state index in [-0.39, 0.29) is 30.2 Å². The highest BCUT2D eigenvalue weighted by atomic mass is 35.5. The number of rotatable bonds is 9. The number of nitrogens with one attached hydrogen (secondary N) is 1. The zero-order valence-corrected chi connectivity index (χ0v) is 23.0. The maximum absolute atomic E-state index is 12.9. The number of nitrogens with zero attached hydrogens (tertiary/aromatic N) is 1. The number of imide groups is 1. The number of hydrogen-bond acceptors (Lipinski definition) is 6. The molecule has 38 heavy (non-hydrogen) atoms. The Balaban J connectivity index is 1.44. The van der Waals surface area contributed by atoms with Gasteiger partial charge in [-0.3, -0.25) is 19.3 Å². The van der Waals surface area contributed by atoms with E-state index in [4.69, 9.17) is 32.7 Å². The Kier molecular flexibility index (Phi) is 8.99. The predicted molar refractivity (Wildman–Crippen MR) is 151 cm³/mol. The summed E-state index contributed by atoms with van der Waals surface area (Å²) in [6.45, 7) is 3.96. The molecule has 0 atom stereocenters. The van der Waals surface area contributed by atoms with Crippen LogP contribution in [0.2, 0.25) is 10.0 Å². The lowest BCUT2D eigenvalue weighted by molar-refractivity contribution is -0.123. The van der Waals surface area contributed by atoms with Crippen LogP contribution >= 0.6 is 35.0 Å². The van der Waals surface area contributed by atoms with Gasteiger partial charge in [0.2, 0.25) is 0 Å². The summed E-state index contributed by atoms with van der Waals surface area (Å²) in [6, 6.07) is 17.4. The highest BCUT2D eigenvalue weighted by Gasteiger charge is 2.35. The van der Waals surface area contributed by atoms with Gasteiger partial charge in [0.1, 0.15) is 0 Å². The number of carbonyl (C=O) groups excluding carboxylic acids is 3. The number of ether oxygens (including phenoxy) is 2. The molecule has 1 saturated heterocycles. The Bertz CT molecular complexity index is 1430. The first kappa shape index (κ1) is 27.6. The van der Waals surface area contributed by atoms with Crippen molar-refractivity contribution in [2.75, 3.05) is 18.5 Å². The van der Waals surface area contributed by atoms with E-state index in [0.717, 1.165) is 22.9 Å². The molecule has 1 heterocycles. The SMILES string of the molecule is CCOc1cc(/C=C2\SC(=O)N(Cc3cccc(Cl)c3)C2=O)ccc1OCC(=O)Nc1ccc(C)c(Cl)c1. The fraction of sp³-hybridized carbons (Fsp3) is 0.179. The van der Waals surface area contributed by atoms with E-state index in [9.17, 15) is 14.4 Å². The highest BCUT2D eigenvalue weighted by molar-refractivity contribution is 8.18. The van der Waals surface area contributed by atoms with E-state index >= 15 is 0 Å². The minimum atomic E-state index is -0.383. The molecule has 196 valence electrons. The smallest absolute Gasteiger partial charge is 0.293 e. The molecule has 0 radical (unpaired) electrons. The number of anilines is 1. The lowest BCUT2D eigenvalue weighted by atomic mass is 10.1. The highest BCUT2D eigenvalue weighted by Crippen LogP contribution is 2.35. The van der Waals surface area contributed by atoms with Crippen LogP contribution in [0, 0.1) is 6.92 Å². The molecular formula is C28H24Cl2N2O5S. The van der Waals surface area contributed by atoms with Crippen molar-refractivity contribution in [3.63, 3.8) is 0 Å². The van der Waals surface area contributed by atoms with Crippen LogP contribution in [0.1, 0.15) is 23.6 Å². The molecule has 0 unspecified atom stereocenters. The van der Waals surface area contributed by atoms with Gasteiger partial charge in [-0.25, -0.2) is 0 Å². The number of amides is 3. The van der Waals surface area contributed by atoms with Gasteiger partial charge in [0.25, 0.3) is 17.1 Å². The van der Waals surface area contributed by atoms with E-state index in [1.807, 2.05) is 26.0 Å². The van der Waals surface area contributed by atoms with Crippen molar-refractivity contribution in [3.05, 3.63) is 92.3 Å². The summed E-state index contributed by atoms with van der Waals surface area (Å²) in [5.74, 6) is 0.0386. The third kappa shape index (κ3) is 6.89. The van der Waals surface area contributed by atoms with Gasteiger partial charge in [-0.15, -0.1) is 0 Å². The third-order valence-corrected chi connectivity index (χ3v) is 7.03. The van der Waals surface area contributed by atoms with Crippen molar-refractivity contribution < 1.29 is 23.9 Å². The predicted octanol–water partition coefficient (Wildman–Crippen LogP) is 6.95. The van der Waals surface area contributed by atoms with Gasteiger partial charge in [-0.1, -0.05) is 47.5 Å². The Morgan fingerprint density at radius 1 is 1.03 bits per heavy atom. The Labute approximate surface area is 234 Å². The van der Waals surface area contributed by atoms with Gasteiger partial charge in [0, 0.05) is 15.7 Å². The average Bonchev–Trinajstić information content (AvgIpc) is 3.13. The Hall–Kier alpha value is -3.46. The van der Waals surface area contributed by atoms with Crippen molar-refractivity contribution in [2.45, 2.75) is 20.4 Å². The number of benzene rings is 3. The summed E-state index contributed by atoms with van der Waals surface area (Å²) in [4.78, 5) is 39.3. The second kappa shape index (κ2) is 12.4. The number of carbonyl (C=O) groups is 3. The second-order valence-electron chi connectivity index (χ2n) is 8.34. The molecule has 0 aromatic heterocycles. The average molecular weight is 571 g/mol.